The molecule has 0 aromatic heterocycles. The van der Waals surface area contributed by atoms with Crippen LogP contribution in [0.5, 0.6) is 0 Å². The molecule has 1 N–H and O–H groups in total. The summed E-state index contributed by atoms with van der Waals surface area (Å²) in [6.45, 7) is 8.21. The van der Waals surface area contributed by atoms with Gasteiger partial charge in [0, 0.05) is 6.04 Å². The second-order valence-corrected chi connectivity index (χ2v) is 6.23. The lowest BCUT2D eigenvalue weighted by atomic mass is 9.84. The molecule has 0 bridgehead atoms. The molecule has 1 unspecified atom stereocenters. The van der Waals surface area contributed by atoms with Crippen LogP contribution in [0.2, 0.25) is 0 Å². The fourth-order valence-corrected chi connectivity index (χ4v) is 3.47. The molecule has 1 fully saturated rings. The molecule has 108 valence electrons. The van der Waals surface area contributed by atoms with Gasteiger partial charge in [0.25, 0.3) is 0 Å². The van der Waals surface area contributed by atoms with Gasteiger partial charge in [-0.15, -0.1) is 0 Å². The molecular formula is C17H35N. The van der Waals surface area contributed by atoms with Crippen molar-refractivity contribution < 1.29 is 0 Å². The molecule has 0 spiro atoms. The molecule has 0 amide bonds. The minimum absolute atomic E-state index is 0.799. The standard InChI is InChI=1S/C17H35N/c1-4-13-18-17(14-15(5-2)6-3)16-11-9-7-8-10-12-16/h15-18H,4-14H2,1-3H3. The Morgan fingerprint density at radius 2 is 1.56 bits per heavy atom. The molecule has 0 saturated heterocycles. The number of hydrogen-bond acceptors (Lipinski definition) is 1. The highest BCUT2D eigenvalue weighted by atomic mass is 14.9. The van der Waals surface area contributed by atoms with E-state index in [1.165, 1.54) is 70.8 Å². The summed E-state index contributed by atoms with van der Waals surface area (Å²) in [7, 11) is 0. The molecule has 1 atom stereocenters. The van der Waals surface area contributed by atoms with Crippen LogP contribution < -0.4 is 5.32 Å². The van der Waals surface area contributed by atoms with E-state index in [-0.39, 0.29) is 0 Å². The largest absolute Gasteiger partial charge is 0.314 e. The summed E-state index contributed by atoms with van der Waals surface area (Å²) < 4.78 is 0. The zero-order valence-electron chi connectivity index (χ0n) is 13.0. The zero-order chi connectivity index (χ0) is 13.2. The normalized spacial score (nSPS) is 20.0. The lowest BCUT2D eigenvalue weighted by Gasteiger charge is -2.30. The summed E-state index contributed by atoms with van der Waals surface area (Å²) in [5.41, 5.74) is 0. The van der Waals surface area contributed by atoms with Gasteiger partial charge in [0.15, 0.2) is 0 Å². The fraction of sp³-hybridized carbons (Fsp3) is 1.00. The molecule has 0 aromatic carbocycles. The van der Waals surface area contributed by atoms with E-state index in [1.807, 2.05) is 0 Å². The number of rotatable bonds is 8. The van der Waals surface area contributed by atoms with E-state index in [1.54, 1.807) is 0 Å². The molecule has 1 saturated carbocycles. The summed E-state index contributed by atoms with van der Waals surface area (Å²) in [5, 5.41) is 3.87. The van der Waals surface area contributed by atoms with E-state index in [0.717, 1.165) is 17.9 Å². The SMILES string of the molecule is CCCNC(CC(CC)CC)C1CCCCCC1. The Balaban J connectivity index is 2.51. The van der Waals surface area contributed by atoms with E-state index in [9.17, 15) is 0 Å². The van der Waals surface area contributed by atoms with Crippen molar-refractivity contribution in [3.05, 3.63) is 0 Å². The predicted octanol–water partition coefficient (Wildman–Crippen LogP) is 5.15. The van der Waals surface area contributed by atoms with Crippen molar-refractivity contribution >= 4 is 0 Å². The first-order chi connectivity index (χ1) is 8.81. The van der Waals surface area contributed by atoms with Gasteiger partial charge in [0.05, 0.1) is 0 Å². The zero-order valence-corrected chi connectivity index (χ0v) is 13.0. The van der Waals surface area contributed by atoms with Gasteiger partial charge in [-0.3, -0.25) is 0 Å². The van der Waals surface area contributed by atoms with Gasteiger partial charge in [0.2, 0.25) is 0 Å². The smallest absolute Gasteiger partial charge is 0.00979 e. The van der Waals surface area contributed by atoms with E-state index in [0.29, 0.717) is 0 Å². The Kier molecular flexibility index (Phi) is 8.75. The van der Waals surface area contributed by atoms with Crippen molar-refractivity contribution in [1.82, 2.24) is 5.32 Å². The maximum Gasteiger partial charge on any atom is 0.00979 e. The summed E-state index contributed by atoms with van der Waals surface area (Å²) in [4.78, 5) is 0. The predicted molar refractivity (Wildman–Crippen MR) is 82.0 cm³/mol. The summed E-state index contributed by atoms with van der Waals surface area (Å²) in [6.07, 6.45) is 14.2. The molecular weight excluding hydrogens is 218 g/mol. The molecule has 0 aromatic rings. The Labute approximate surface area is 115 Å². The first-order valence-electron chi connectivity index (χ1n) is 8.55. The van der Waals surface area contributed by atoms with Crippen LogP contribution in [-0.4, -0.2) is 12.6 Å². The highest BCUT2D eigenvalue weighted by Gasteiger charge is 2.24. The third-order valence-corrected chi connectivity index (χ3v) is 4.87. The Morgan fingerprint density at radius 3 is 2.06 bits per heavy atom. The van der Waals surface area contributed by atoms with Crippen LogP contribution in [0, 0.1) is 11.8 Å². The van der Waals surface area contributed by atoms with Crippen LogP contribution in [-0.2, 0) is 0 Å². The van der Waals surface area contributed by atoms with E-state index >= 15 is 0 Å². The average molecular weight is 253 g/mol. The van der Waals surface area contributed by atoms with Gasteiger partial charge in [0.1, 0.15) is 0 Å². The molecule has 0 aliphatic heterocycles. The molecule has 1 aliphatic rings. The molecule has 1 nitrogen and oxygen atoms in total. The minimum Gasteiger partial charge on any atom is -0.314 e. The maximum absolute atomic E-state index is 3.87. The van der Waals surface area contributed by atoms with Crippen molar-refractivity contribution in [2.45, 2.75) is 91.0 Å². The first kappa shape index (κ1) is 16.0. The van der Waals surface area contributed by atoms with Crippen LogP contribution in [0.15, 0.2) is 0 Å². The third kappa shape index (κ3) is 5.73. The molecule has 18 heavy (non-hydrogen) atoms. The van der Waals surface area contributed by atoms with Crippen LogP contribution in [0.1, 0.15) is 85.0 Å². The van der Waals surface area contributed by atoms with Gasteiger partial charge in [-0.25, -0.2) is 0 Å². The number of hydrogen-bond donors (Lipinski definition) is 1. The van der Waals surface area contributed by atoms with Crippen LogP contribution in [0.25, 0.3) is 0 Å². The van der Waals surface area contributed by atoms with Crippen molar-refractivity contribution in [3.8, 4) is 0 Å². The van der Waals surface area contributed by atoms with Gasteiger partial charge in [-0.1, -0.05) is 59.3 Å². The minimum atomic E-state index is 0.799. The molecule has 1 rings (SSSR count). The van der Waals surface area contributed by atoms with Gasteiger partial charge in [-0.05, 0) is 44.1 Å². The first-order valence-corrected chi connectivity index (χ1v) is 8.55. The van der Waals surface area contributed by atoms with E-state index < -0.39 is 0 Å². The lowest BCUT2D eigenvalue weighted by Crippen LogP contribution is -2.38. The van der Waals surface area contributed by atoms with E-state index in [4.69, 9.17) is 0 Å². The number of nitrogens with one attached hydrogen (secondary N) is 1. The van der Waals surface area contributed by atoms with Crippen LogP contribution >= 0.6 is 0 Å². The van der Waals surface area contributed by atoms with Gasteiger partial charge < -0.3 is 5.32 Å². The van der Waals surface area contributed by atoms with Crippen molar-refractivity contribution in [1.29, 1.82) is 0 Å². The molecule has 0 radical (unpaired) electrons. The van der Waals surface area contributed by atoms with Gasteiger partial charge in [-0.2, -0.15) is 0 Å². The molecule has 0 heterocycles. The third-order valence-electron chi connectivity index (χ3n) is 4.87. The molecule has 1 heteroatoms. The monoisotopic (exact) mass is 253 g/mol. The second-order valence-electron chi connectivity index (χ2n) is 6.23. The summed E-state index contributed by atoms with van der Waals surface area (Å²) in [6, 6.07) is 0.799. The topological polar surface area (TPSA) is 12.0 Å². The summed E-state index contributed by atoms with van der Waals surface area (Å²) >= 11 is 0. The Morgan fingerprint density at radius 1 is 0.944 bits per heavy atom. The van der Waals surface area contributed by atoms with Gasteiger partial charge >= 0.3 is 0 Å². The second kappa shape index (κ2) is 9.83. The quantitative estimate of drug-likeness (QED) is 0.590. The molecule has 1 aliphatic carbocycles. The van der Waals surface area contributed by atoms with Crippen molar-refractivity contribution in [2.75, 3.05) is 6.54 Å². The summed E-state index contributed by atoms with van der Waals surface area (Å²) in [5.74, 6) is 1.89. The fourth-order valence-electron chi connectivity index (χ4n) is 3.47. The lowest BCUT2D eigenvalue weighted by molar-refractivity contribution is 0.261. The maximum atomic E-state index is 3.87. The van der Waals surface area contributed by atoms with Crippen molar-refractivity contribution in [2.24, 2.45) is 11.8 Å². The van der Waals surface area contributed by atoms with Crippen LogP contribution in [0.4, 0.5) is 0 Å². The van der Waals surface area contributed by atoms with Crippen molar-refractivity contribution in [3.63, 3.8) is 0 Å². The highest BCUT2D eigenvalue weighted by molar-refractivity contribution is 4.80. The van der Waals surface area contributed by atoms with E-state index in [2.05, 4.69) is 26.1 Å². The van der Waals surface area contributed by atoms with Crippen LogP contribution in [0.3, 0.4) is 0 Å². The average Bonchev–Trinajstić information content (AvgIpc) is 2.68. The Bertz CT molecular complexity index is 178. The Hall–Kier alpha value is -0.0400. The highest BCUT2D eigenvalue weighted by Crippen LogP contribution is 2.29.